The van der Waals surface area contributed by atoms with Gasteiger partial charge in [-0.3, -0.25) is 4.98 Å². The lowest BCUT2D eigenvalue weighted by Crippen LogP contribution is -2.43. The summed E-state index contributed by atoms with van der Waals surface area (Å²) in [6, 6.07) is 10.3. The lowest BCUT2D eigenvalue weighted by atomic mass is 9.72. The molecule has 4 aromatic heterocycles. The number of piperazine rings is 1. The van der Waals surface area contributed by atoms with Crippen molar-refractivity contribution in [1.82, 2.24) is 25.4 Å². The summed E-state index contributed by atoms with van der Waals surface area (Å²) in [7, 11) is 0. The molecular formula is C26H26N8OS. The number of fused-ring (bicyclic) bond motifs is 1. The molecule has 1 fully saturated rings. The summed E-state index contributed by atoms with van der Waals surface area (Å²) in [5.41, 5.74) is 10.6. The molecule has 5 heterocycles. The van der Waals surface area contributed by atoms with E-state index in [0.29, 0.717) is 28.0 Å². The van der Waals surface area contributed by atoms with Gasteiger partial charge < -0.3 is 20.5 Å². The number of nitriles is 1. The van der Waals surface area contributed by atoms with Crippen LogP contribution in [-0.2, 0) is 11.8 Å². The van der Waals surface area contributed by atoms with Gasteiger partial charge in [-0.05, 0) is 50.5 Å². The Hall–Kier alpha value is -3.81. The molecule has 3 N–H and O–H groups in total. The highest BCUT2D eigenvalue weighted by Gasteiger charge is 2.43. The maximum Gasteiger partial charge on any atom is 0.237 e. The molecule has 1 aliphatic carbocycles. The van der Waals surface area contributed by atoms with Gasteiger partial charge in [0.1, 0.15) is 16.8 Å². The standard InChI is InChI=1S/C26H26N8OS/c1-26(6-2-3-21-22(26)18(15-27)23(28)36-21)25-32-24(33-35-25)20-14-17(34-11-9-30-10-12-34)13-19(31-20)16-4-7-29-8-5-16/h4-5,7-8,13-14,30H,2-3,6,9-12,28H2,1H3. The van der Waals surface area contributed by atoms with Crippen LogP contribution in [0.1, 0.15) is 41.7 Å². The van der Waals surface area contributed by atoms with Gasteiger partial charge in [0.15, 0.2) is 0 Å². The number of hydrogen-bond donors (Lipinski definition) is 2. The first-order chi connectivity index (χ1) is 17.6. The van der Waals surface area contributed by atoms with Crippen molar-refractivity contribution in [3.05, 3.63) is 58.6 Å². The van der Waals surface area contributed by atoms with E-state index < -0.39 is 5.41 Å². The minimum Gasteiger partial charge on any atom is -0.389 e. The first-order valence-electron chi connectivity index (χ1n) is 12.1. The van der Waals surface area contributed by atoms with E-state index in [2.05, 4.69) is 39.4 Å². The number of nitrogens with zero attached hydrogens (tertiary/aromatic N) is 6. The van der Waals surface area contributed by atoms with Crippen molar-refractivity contribution in [2.45, 2.75) is 31.6 Å². The Labute approximate surface area is 213 Å². The van der Waals surface area contributed by atoms with Crippen LogP contribution in [0.4, 0.5) is 10.7 Å². The second-order valence-corrected chi connectivity index (χ2v) is 10.6. The summed E-state index contributed by atoms with van der Waals surface area (Å²) in [6.07, 6.45) is 6.22. The quantitative estimate of drug-likeness (QED) is 0.432. The van der Waals surface area contributed by atoms with Gasteiger partial charge in [-0.1, -0.05) is 5.16 Å². The second kappa shape index (κ2) is 9.00. The van der Waals surface area contributed by atoms with E-state index in [1.807, 2.05) is 18.2 Å². The lowest BCUT2D eigenvalue weighted by Gasteiger charge is -2.30. The molecule has 10 heteroatoms. The molecule has 6 rings (SSSR count). The highest BCUT2D eigenvalue weighted by molar-refractivity contribution is 7.16. The molecule has 1 unspecified atom stereocenters. The van der Waals surface area contributed by atoms with Crippen LogP contribution in [-0.4, -0.2) is 46.3 Å². The van der Waals surface area contributed by atoms with E-state index in [1.165, 1.54) is 11.3 Å². The second-order valence-electron chi connectivity index (χ2n) is 9.43. The van der Waals surface area contributed by atoms with Crippen LogP contribution < -0.4 is 16.0 Å². The van der Waals surface area contributed by atoms with Crippen molar-refractivity contribution in [3.8, 4) is 28.8 Å². The molecule has 4 aromatic rings. The number of pyridine rings is 2. The van der Waals surface area contributed by atoms with Gasteiger partial charge in [-0.15, -0.1) is 11.3 Å². The van der Waals surface area contributed by atoms with Crippen molar-refractivity contribution in [2.24, 2.45) is 0 Å². The van der Waals surface area contributed by atoms with Crippen LogP contribution in [0.2, 0.25) is 0 Å². The van der Waals surface area contributed by atoms with Crippen LogP contribution in [0.15, 0.2) is 41.2 Å². The van der Waals surface area contributed by atoms with Crippen molar-refractivity contribution in [1.29, 1.82) is 5.26 Å². The summed E-state index contributed by atoms with van der Waals surface area (Å²) < 4.78 is 5.88. The van der Waals surface area contributed by atoms with Crippen LogP contribution >= 0.6 is 11.3 Å². The molecule has 0 aromatic carbocycles. The molecule has 36 heavy (non-hydrogen) atoms. The summed E-state index contributed by atoms with van der Waals surface area (Å²) in [5.74, 6) is 0.930. The monoisotopic (exact) mass is 498 g/mol. The third kappa shape index (κ3) is 3.81. The zero-order valence-electron chi connectivity index (χ0n) is 20.0. The Morgan fingerprint density at radius 1 is 1.17 bits per heavy atom. The van der Waals surface area contributed by atoms with Gasteiger partial charge in [0.2, 0.25) is 11.7 Å². The SMILES string of the molecule is CC1(c2nc(-c3cc(N4CCNCC4)cc(-c4ccncc4)n3)no2)CCCc2sc(N)c(C#N)c21. The number of hydrogen-bond acceptors (Lipinski definition) is 10. The molecule has 0 amide bonds. The molecule has 1 saturated heterocycles. The first kappa shape index (κ1) is 22.6. The van der Waals surface area contributed by atoms with Gasteiger partial charge in [-0.25, -0.2) is 4.98 Å². The molecule has 0 bridgehead atoms. The fourth-order valence-corrected chi connectivity index (χ4v) is 6.46. The normalized spacial score (nSPS) is 19.6. The largest absolute Gasteiger partial charge is 0.389 e. The number of thiophene rings is 1. The number of nitrogen functional groups attached to an aromatic ring is 1. The molecule has 182 valence electrons. The van der Waals surface area contributed by atoms with Crippen LogP contribution in [0, 0.1) is 11.3 Å². The highest BCUT2D eigenvalue weighted by atomic mass is 32.1. The van der Waals surface area contributed by atoms with Gasteiger partial charge in [0, 0.05) is 60.3 Å². The Balaban J connectivity index is 1.44. The molecule has 1 aliphatic heterocycles. The summed E-state index contributed by atoms with van der Waals surface area (Å²) >= 11 is 1.50. The van der Waals surface area contributed by atoms with Gasteiger partial charge in [-0.2, -0.15) is 10.2 Å². The topological polar surface area (TPSA) is 130 Å². The average Bonchev–Trinajstić information content (AvgIpc) is 3.55. The molecule has 9 nitrogen and oxygen atoms in total. The molecular weight excluding hydrogens is 472 g/mol. The first-order valence-corrected chi connectivity index (χ1v) is 12.9. The minimum absolute atomic E-state index is 0.437. The molecule has 0 spiro atoms. The summed E-state index contributed by atoms with van der Waals surface area (Å²) in [4.78, 5) is 17.4. The van der Waals surface area contributed by atoms with E-state index in [4.69, 9.17) is 20.2 Å². The van der Waals surface area contributed by atoms with Crippen LogP contribution in [0.25, 0.3) is 22.8 Å². The van der Waals surface area contributed by atoms with Crippen molar-refractivity contribution >= 4 is 22.0 Å². The van der Waals surface area contributed by atoms with E-state index in [-0.39, 0.29) is 0 Å². The number of nitrogens with two attached hydrogens (primary N) is 1. The molecule has 0 saturated carbocycles. The zero-order valence-corrected chi connectivity index (χ0v) is 20.8. The Morgan fingerprint density at radius 3 is 2.72 bits per heavy atom. The average molecular weight is 499 g/mol. The third-order valence-electron chi connectivity index (χ3n) is 7.15. The van der Waals surface area contributed by atoms with Gasteiger partial charge >= 0.3 is 0 Å². The number of aryl methyl sites for hydroxylation is 1. The van der Waals surface area contributed by atoms with Crippen molar-refractivity contribution in [2.75, 3.05) is 36.8 Å². The predicted octanol–water partition coefficient (Wildman–Crippen LogP) is 3.76. The van der Waals surface area contributed by atoms with Crippen LogP contribution in [0.5, 0.6) is 0 Å². The Bertz CT molecular complexity index is 1450. The van der Waals surface area contributed by atoms with Gasteiger partial charge in [0.25, 0.3) is 0 Å². The number of nitrogens with one attached hydrogen (secondary N) is 1. The smallest absolute Gasteiger partial charge is 0.237 e. The van der Waals surface area contributed by atoms with Crippen molar-refractivity contribution in [3.63, 3.8) is 0 Å². The lowest BCUT2D eigenvalue weighted by molar-refractivity contribution is 0.300. The minimum atomic E-state index is -0.567. The van der Waals surface area contributed by atoms with Crippen molar-refractivity contribution < 1.29 is 4.52 Å². The third-order valence-corrected chi connectivity index (χ3v) is 8.23. The number of anilines is 2. The van der Waals surface area contributed by atoms with Crippen LogP contribution in [0.3, 0.4) is 0 Å². The Kier molecular flexibility index (Phi) is 5.66. The fraction of sp³-hybridized carbons (Fsp3) is 0.346. The Morgan fingerprint density at radius 2 is 1.94 bits per heavy atom. The maximum atomic E-state index is 9.81. The highest BCUT2D eigenvalue weighted by Crippen LogP contribution is 2.48. The summed E-state index contributed by atoms with van der Waals surface area (Å²) in [5, 5.41) is 18.1. The fourth-order valence-electron chi connectivity index (χ4n) is 5.27. The maximum absolute atomic E-state index is 9.81. The molecule has 1 atom stereocenters. The molecule has 0 radical (unpaired) electrons. The zero-order chi connectivity index (χ0) is 24.7. The van der Waals surface area contributed by atoms with E-state index in [0.717, 1.165) is 72.8 Å². The van der Waals surface area contributed by atoms with Gasteiger partial charge in [0.05, 0.1) is 16.7 Å². The molecule has 2 aliphatic rings. The number of aromatic nitrogens is 4. The number of rotatable bonds is 4. The summed E-state index contributed by atoms with van der Waals surface area (Å²) in [6.45, 7) is 5.76. The van der Waals surface area contributed by atoms with E-state index in [1.54, 1.807) is 12.4 Å². The van der Waals surface area contributed by atoms with E-state index in [9.17, 15) is 5.26 Å². The van der Waals surface area contributed by atoms with E-state index >= 15 is 0 Å². The predicted molar refractivity (Wildman–Crippen MR) is 139 cm³/mol.